The van der Waals surface area contributed by atoms with Crippen LogP contribution in [0.4, 0.5) is 11.4 Å². The van der Waals surface area contributed by atoms with Crippen molar-refractivity contribution in [2.24, 2.45) is 16.3 Å². The van der Waals surface area contributed by atoms with Gasteiger partial charge in [-0.1, -0.05) is 16.5 Å². The van der Waals surface area contributed by atoms with Crippen molar-refractivity contribution in [1.82, 2.24) is 0 Å². The fourth-order valence-electron chi connectivity index (χ4n) is 1.03. The van der Waals surface area contributed by atoms with Gasteiger partial charge in [0.2, 0.25) is 0 Å². The molecule has 0 aromatic heterocycles. The van der Waals surface area contributed by atoms with E-state index in [-0.39, 0.29) is 5.69 Å². The van der Waals surface area contributed by atoms with Crippen LogP contribution in [0.15, 0.2) is 28.6 Å². The van der Waals surface area contributed by atoms with Crippen LogP contribution >= 0.6 is 0 Å². The molecule has 7 nitrogen and oxygen atoms in total. The van der Waals surface area contributed by atoms with Gasteiger partial charge in [-0.25, -0.2) is 0 Å². The molecule has 0 atom stereocenters. The molecule has 1 aromatic carbocycles. The molecule has 0 fully saturated rings. The first-order valence-electron chi connectivity index (χ1n) is 3.76. The summed E-state index contributed by atoms with van der Waals surface area (Å²) in [5.74, 6) is 4.79. The molecule has 3 N–H and O–H groups in total. The number of nitrogens with two attached hydrogens (primary N) is 1. The van der Waals surface area contributed by atoms with Crippen molar-refractivity contribution in [2.75, 3.05) is 5.43 Å². The number of nitro benzene ring substituents is 1. The van der Waals surface area contributed by atoms with Crippen LogP contribution in [0, 0.1) is 17.0 Å². The molecule has 0 aliphatic rings. The highest BCUT2D eigenvalue weighted by atomic mass is 16.6. The molecule has 1 rings (SSSR count). The van der Waals surface area contributed by atoms with Gasteiger partial charge in [-0.2, -0.15) is 0 Å². The van der Waals surface area contributed by atoms with Gasteiger partial charge in [-0.15, -0.1) is 0 Å². The minimum absolute atomic E-state index is 0.0298. The lowest BCUT2D eigenvalue weighted by Crippen LogP contribution is -1.96. The van der Waals surface area contributed by atoms with E-state index in [4.69, 9.17) is 5.84 Å². The molecule has 0 bridgehead atoms. The third-order valence-corrected chi connectivity index (χ3v) is 1.73. The van der Waals surface area contributed by atoms with Crippen LogP contribution in [0.1, 0.15) is 5.56 Å². The molecule has 0 spiro atoms. The lowest BCUT2D eigenvalue weighted by atomic mass is 10.1. The monoisotopic (exact) mass is 195 g/mol. The zero-order valence-electron chi connectivity index (χ0n) is 7.47. The number of hydrogen-bond donors (Lipinski definition) is 2. The van der Waals surface area contributed by atoms with Gasteiger partial charge in [0.25, 0.3) is 5.69 Å². The maximum Gasteiger partial charge on any atom is 0.274 e. The van der Waals surface area contributed by atoms with Crippen LogP contribution in [0.3, 0.4) is 0 Å². The standard InChI is InChI=1S/C7H9N5O2/c1-5-6(9-11-10-8)3-2-4-7(5)12(13)14/h2-4H,1H3,(H2,8,11)(H,9,10). The summed E-state index contributed by atoms with van der Waals surface area (Å²) in [7, 11) is 0. The summed E-state index contributed by atoms with van der Waals surface area (Å²) < 4.78 is 0. The van der Waals surface area contributed by atoms with E-state index in [1.165, 1.54) is 6.07 Å². The summed E-state index contributed by atoms with van der Waals surface area (Å²) in [6.07, 6.45) is 0. The van der Waals surface area contributed by atoms with Gasteiger partial charge in [-0.3, -0.25) is 15.5 Å². The molecule has 74 valence electrons. The second kappa shape index (κ2) is 4.17. The second-order valence-electron chi connectivity index (χ2n) is 2.53. The van der Waals surface area contributed by atoms with E-state index in [2.05, 4.69) is 15.9 Å². The summed E-state index contributed by atoms with van der Waals surface area (Å²) in [5.41, 5.74) is 3.52. The lowest BCUT2D eigenvalue weighted by molar-refractivity contribution is -0.385. The predicted octanol–water partition coefficient (Wildman–Crippen LogP) is 1.56. The van der Waals surface area contributed by atoms with Gasteiger partial charge in [0.15, 0.2) is 0 Å². The Kier molecular flexibility index (Phi) is 2.95. The lowest BCUT2D eigenvalue weighted by Gasteiger charge is -2.03. The van der Waals surface area contributed by atoms with Gasteiger partial charge >= 0.3 is 0 Å². The van der Waals surface area contributed by atoms with E-state index in [1.54, 1.807) is 19.1 Å². The first-order chi connectivity index (χ1) is 6.66. The molecule has 0 radical (unpaired) electrons. The molecule has 7 heteroatoms. The smallest absolute Gasteiger partial charge is 0.274 e. The third-order valence-electron chi connectivity index (χ3n) is 1.73. The third kappa shape index (κ3) is 1.94. The Morgan fingerprint density at radius 1 is 1.57 bits per heavy atom. The van der Waals surface area contributed by atoms with E-state index in [1.807, 2.05) is 0 Å². The zero-order valence-corrected chi connectivity index (χ0v) is 7.47. The van der Waals surface area contributed by atoms with Crippen LogP contribution in [-0.4, -0.2) is 4.92 Å². The fourth-order valence-corrected chi connectivity index (χ4v) is 1.03. The number of benzene rings is 1. The highest BCUT2D eigenvalue weighted by Crippen LogP contribution is 2.24. The van der Waals surface area contributed by atoms with Crippen LogP contribution < -0.4 is 11.3 Å². The van der Waals surface area contributed by atoms with Gasteiger partial charge in [-0.05, 0) is 13.0 Å². The normalized spacial score (nSPS) is 10.4. The topological polar surface area (TPSA) is 106 Å². The highest BCUT2D eigenvalue weighted by molar-refractivity contribution is 5.59. The minimum Gasteiger partial charge on any atom is -0.303 e. The van der Waals surface area contributed by atoms with Gasteiger partial charge < -0.3 is 5.84 Å². The molecular weight excluding hydrogens is 186 g/mol. The Morgan fingerprint density at radius 2 is 2.29 bits per heavy atom. The quantitative estimate of drug-likeness (QED) is 0.330. The summed E-state index contributed by atoms with van der Waals surface area (Å²) in [6, 6.07) is 4.62. The van der Waals surface area contributed by atoms with Crippen molar-refractivity contribution in [3.8, 4) is 0 Å². The van der Waals surface area contributed by atoms with E-state index >= 15 is 0 Å². The second-order valence-corrected chi connectivity index (χ2v) is 2.53. The summed E-state index contributed by atoms with van der Waals surface area (Å²) in [6.45, 7) is 1.62. The number of nitrogens with zero attached hydrogens (tertiary/aromatic N) is 3. The Bertz CT molecular complexity index is 376. The Labute approximate surface area is 79.7 Å². The molecule has 0 aliphatic heterocycles. The zero-order chi connectivity index (χ0) is 10.6. The molecule has 0 heterocycles. The van der Waals surface area contributed by atoms with E-state index in [9.17, 15) is 10.1 Å². The number of anilines is 1. The predicted molar refractivity (Wildman–Crippen MR) is 50.5 cm³/mol. The average molecular weight is 195 g/mol. The van der Waals surface area contributed by atoms with Crippen molar-refractivity contribution in [1.29, 1.82) is 0 Å². The molecule has 0 saturated carbocycles. The van der Waals surface area contributed by atoms with Crippen LogP contribution in [0.25, 0.3) is 0 Å². The van der Waals surface area contributed by atoms with E-state index < -0.39 is 4.92 Å². The molecule has 14 heavy (non-hydrogen) atoms. The summed E-state index contributed by atoms with van der Waals surface area (Å²) in [5, 5.41) is 16.9. The van der Waals surface area contributed by atoms with E-state index in [0.29, 0.717) is 11.3 Å². The van der Waals surface area contributed by atoms with Crippen molar-refractivity contribution in [3.05, 3.63) is 33.9 Å². The number of nitrogens with one attached hydrogen (secondary N) is 1. The van der Waals surface area contributed by atoms with Gasteiger partial charge in [0.05, 0.1) is 16.2 Å². The maximum absolute atomic E-state index is 10.5. The Morgan fingerprint density at radius 3 is 2.86 bits per heavy atom. The van der Waals surface area contributed by atoms with Crippen LogP contribution in [0.2, 0.25) is 0 Å². The maximum atomic E-state index is 10.5. The SMILES string of the molecule is Cc1c(NN=NN)cccc1[N+](=O)[O-]. The molecule has 0 unspecified atom stereocenters. The number of hydrogen-bond acceptors (Lipinski definition) is 4. The largest absolute Gasteiger partial charge is 0.303 e. The first kappa shape index (κ1) is 9.90. The van der Waals surface area contributed by atoms with Crippen molar-refractivity contribution < 1.29 is 4.92 Å². The fraction of sp³-hybridized carbons (Fsp3) is 0.143. The summed E-state index contributed by atoms with van der Waals surface area (Å²) in [4.78, 5) is 10.1. The van der Waals surface area contributed by atoms with Crippen molar-refractivity contribution in [3.63, 3.8) is 0 Å². The number of nitro groups is 1. The molecule has 0 aliphatic carbocycles. The highest BCUT2D eigenvalue weighted by Gasteiger charge is 2.12. The van der Waals surface area contributed by atoms with Crippen LogP contribution in [-0.2, 0) is 0 Å². The average Bonchev–Trinajstić information content (AvgIpc) is 2.16. The minimum atomic E-state index is -0.458. The number of rotatable bonds is 3. The van der Waals surface area contributed by atoms with Crippen molar-refractivity contribution in [2.45, 2.75) is 6.92 Å². The first-order valence-corrected chi connectivity index (χ1v) is 3.76. The van der Waals surface area contributed by atoms with E-state index in [0.717, 1.165) is 0 Å². The Balaban J connectivity index is 3.07. The molecular formula is C7H9N5O2. The van der Waals surface area contributed by atoms with Gasteiger partial charge in [0.1, 0.15) is 0 Å². The van der Waals surface area contributed by atoms with Crippen LogP contribution in [0.5, 0.6) is 0 Å². The summed E-state index contributed by atoms with van der Waals surface area (Å²) >= 11 is 0. The Hall–Kier alpha value is -2.18. The van der Waals surface area contributed by atoms with Crippen molar-refractivity contribution >= 4 is 11.4 Å². The molecule has 0 amide bonds. The molecule has 0 saturated heterocycles. The van der Waals surface area contributed by atoms with Gasteiger partial charge in [0, 0.05) is 6.07 Å². The molecule has 1 aromatic rings.